The number of halogens is 3. The standard InChI is InChI=1S/C33H27F3N6O5.C8H9NO2/c1-17-11-19(47-27-7-3-2-5-21(27)34)8-9-24(17)42-31(37)20(15-38-42)30(43)23-12-18-13-28(46-16-29(35)36)26(14-22(18)39-23)41-32(44)25-6-4-10-40(25)33(41)45;9-8(10)11-6-7-4-2-1-3-5-7/h2-3,5,7-9,11-15,25,29,39H,4,6,10,16,37H2,1H3;1-5H,6H2,(H2,9,10)/t25-;/m0./s1. The van der Waals surface area contributed by atoms with Gasteiger partial charge in [-0.25, -0.2) is 32.3 Å². The van der Waals surface area contributed by atoms with E-state index in [2.05, 4.69) is 14.8 Å². The first-order valence-electron chi connectivity index (χ1n) is 18.0. The van der Waals surface area contributed by atoms with Crippen LogP contribution < -0.4 is 25.8 Å². The molecule has 5 N–H and O–H groups in total. The number of benzene rings is 4. The maximum atomic E-state index is 14.1. The lowest BCUT2D eigenvalue weighted by molar-refractivity contribution is -0.119. The maximum Gasteiger partial charge on any atom is 0.404 e. The normalized spacial score (nSPS) is 14.7. The number of carbonyl (C=O) groups is 4. The van der Waals surface area contributed by atoms with E-state index in [1.165, 1.54) is 46.1 Å². The van der Waals surface area contributed by atoms with Crippen molar-refractivity contribution >= 4 is 46.2 Å². The average molecular weight is 796 g/mol. The van der Waals surface area contributed by atoms with Crippen LogP contribution in [0.15, 0.2) is 97.2 Å². The predicted molar refractivity (Wildman–Crippen MR) is 206 cm³/mol. The predicted octanol–water partition coefficient (Wildman–Crippen LogP) is 7.26. The Morgan fingerprint density at radius 1 is 0.966 bits per heavy atom. The number of fused-ring (bicyclic) bond motifs is 2. The highest BCUT2D eigenvalue weighted by atomic mass is 19.3. The molecule has 2 aliphatic heterocycles. The molecule has 298 valence electrons. The number of para-hydroxylation sites is 1. The molecule has 6 aromatic rings. The van der Waals surface area contributed by atoms with E-state index in [4.69, 9.17) is 20.9 Å². The summed E-state index contributed by atoms with van der Waals surface area (Å²) in [6.07, 6.45) is -1.01. The molecule has 0 unspecified atom stereocenters. The number of aromatic amines is 1. The fourth-order valence-electron chi connectivity index (χ4n) is 6.74. The van der Waals surface area contributed by atoms with Crippen LogP contribution in [0.25, 0.3) is 16.6 Å². The van der Waals surface area contributed by atoms with E-state index >= 15 is 0 Å². The van der Waals surface area contributed by atoms with Crippen molar-refractivity contribution in [3.8, 4) is 22.9 Å². The number of ketones is 1. The van der Waals surface area contributed by atoms with Crippen LogP contribution in [0.4, 0.5) is 34.3 Å². The summed E-state index contributed by atoms with van der Waals surface area (Å²) < 4.78 is 57.3. The topological polar surface area (TPSA) is 188 Å². The average Bonchev–Trinajstić information content (AvgIpc) is 3.99. The van der Waals surface area contributed by atoms with Gasteiger partial charge in [-0.15, -0.1) is 0 Å². The van der Waals surface area contributed by atoms with E-state index in [-0.39, 0.29) is 40.9 Å². The molecule has 2 fully saturated rings. The molecule has 2 aliphatic rings. The Morgan fingerprint density at radius 3 is 2.43 bits per heavy atom. The third-order valence-electron chi connectivity index (χ3n) is 9.48. The first-order chi connectivity index (χ1) is 27.9. The minimum Gasteiger partial charge on any atom is -0.485 e. The summed E-state index contributed by atoms with van der Waals surface area (Å²) in [5.41, 5.74) is 13.9. The third kappa shape index (κ3) is 8.00. The van der Waals surface area contributed by atoms with Gasteiger partial charge in [0.25, 0.3) is 12.3 Å². The lowest BCUT2D eigenvalue weighted by Crippen LogP contribution is -2.33. The molecule has 0 saturated carbocycles. The molecule has 0 bridgehead atoms. The Bertz CT molecular complexity index is 2500. The van der Waals surface area contributed by atoms with E-state index in [9.17, 15) is 32.3 Å². The number of hydrogen-bond donors (Lipinski definition) is 3. The summed E-state index contributed by atoms with van der Waals surface area (Å²) >= 11 is 0. The van der Waals surface area contributed by atoms with E-state index in [1.54, 1.807) is 37.3 Å². The van der Waals surface area contributed by atoms with E-state index in [1.807, 2.05) is 30.3 Å². The van der Waals surface area contributed by atoms with Gasteiger partial charge in [0.2, 0.25) is 5.78 Å². The number of primary amides is 1. The monoisotopic (exact) mass is 795 g/mol. The van der Waals surface area contributed by atoms with Crippen molar-refractivity contribution in [2.24, 2.45) is 5.73 Å². The zero-order valence-corrected chi connectivity index (χ0v) is 30.9. The Morgan fingerprint density at radius 2 is 1.72 bits per heavy atom. The number of aryl methyl sites for hydroxylation is 1. The van der Waals surface area contributed by atoms with Crippen LogP contribution in [-0.2, 0) is 16.1 Å². The quantitative estimate of drug-likeness (QED) is 0.0896. The van der Waals surface area contributed by atoms with Crippen LogP contribution >= 0.6 is 0 Å². The second kappa shape index (κ2) is 16.4. The molecule has 0 aliphatic carbocycles. The van der Waals surface area contributed by atoms with Crippen molar-refractivity contribution < 1.29 is 46.6 Å². The lowest BCUT2D eigenvalue weighted by Gasteiger charge is -2.19. The van der Waals surface area contributed by atoms with Crippen LogP contribution in [0.5, 0.6) is 17.2 Å². The van der Waals surface area contributed by atoms with Gasteiger partial charge in [-0.1, -0.05) is 42.5 Å². The van der Waals surface area contributed by atoms with Gasteiger partial charge in [0.15, 0.2) is 11.6 Å². The number of anilines is 2. The van der Waals surface area contributed by atoms with Crippen molar-refractivity contribution in [3.63, 3.8) is 0 Å². The minimum atomic E-state index is -2.80. The van der Waals surface area contributed by atoms with Gasteiger partial charge in [0.1, 0.15) is 36.6 Å². The molecule has 58 heavy (non-hydrogen) atoms. The molecule has 8 rings (SSSR count). The molecule has 1 atom stereocenters. The van der Waals surface area contributed by atoms with Crippen LogP contribution in [0, 0.1) is 12.7 Å². The molecule has 4 heterocycles. The summed E-state index contributed by atoms with van der Waals surface area (Å²) in [6.45, 7) is 1.50. The van der Waals surface area contributed by atoms with Crippen molar-refractivity contribution in [1.82, 2.24) is 19.7 Å². The SMILES string of the molecule is Cc1cc(Oc2ccccc2F)ccc1-n1ncc(C(=O)c2cc3cc(OCC(F)F)c(N4C(=O)[C@@H]5CCCN5C4=O)cc3[nH]2)c1N.NC(=O)OCc1ccccc1. The van der Waals surface area contributed by atoms with Crippen molar-refractivity contribution in [1.29, 1.82) is 0 Å². The molecule has 4 amide bonds. The number of rotatable bonds is 11. The van der Waals surface area contributed by atoms with Gasteiger partial charge in [-0.3, -0.25) is 9.59 Å². The molecule has 2 aromatic heterocycles. The van der Waals surface area contributed by atoms with Gasteiger partial charge < -0.3 is 35.6 Å². The summed E-state index contributed by atoms with van der Waals surface area (Å²) in [5.74, 6) is -1.05. The highest BCUT2D eigenvalue weighted by Gasteiger charge is 2.49. The van der Waals surface area contributed by atoms with Crippen molar-refractivity contribution in [2.45, 2.75) is 38.8 Å². The minimum absolute atomic E-state index is 0.00800. The number of hydrogen-bond acceptors (Lipinski definition) is 9. The number of nitrogens with two attached hydrogens (primary N) is 2. The number of aromatic nitrogens is 3. The lowest BCUT2D eigenvalue weighted by atomic mass is 10.1. The van der Waals surface area contributed by atoms with Gasteiger partial charge in [-0.05, 0) is 79.4 Å². The van der Waals surface area contributed by atoms with Gasteiger partial charge in [0.05, 0.1) is 28.8 Å². The number of H-pyrrole nitrogens is 1. The molecule has 4 aromatic carbocycles. The fraction of sp³-hybridized carbons (Fsp3) is 0.195. The van der Waals surface area contributed by atoms with Gasteiger partial charge in [-0.2, -0.15) is 5.10 Å². The van der Waals surface area contributed by atoms with Crippen LogP contribution in [0.2, 0.25) is 0 Å². The largest absolute Gasteiger partial charge is 0.485 e. The number of carbonyl (C=O) groups excluding carboxylic acids is 4. The highest BCUT2D eigenvalue weighted by Crippen LogP contribution is 2.40. The van der Waals surface area contributed by atoms with Crippen LogP contribution in [0.1, 0.15) is 40.0 Å². The van der Waals surface area contributed by atoms with E-state index < -0.39 is 48.7 Å². The number of amides is 4. The number of nitrogens with one attached hydrogen (secondary N) is 1. The van der Waals surface area contributed by atoms with Crippen molar-refractivity contribution in [2.75, 3.05) is 23.8 Å². The van der Waals surface area contributed by atoms with Gasteiger partial charge in [0, 0.05) is 17.4 Å². The summed E-state index contributed by atoms with van der Waals surface area (Å²) in [6, 6.07) is 23.6. The Labute approximate surface area is 328 Å². The molecule has 0 spiro atoms. The summed E-state index contributed by atoms with van der Waals surface area (Å²) in [4.78, 5) is 55.5. The Balaban J connectivity index is 0.000000404. The maximum absolute atomic E-state index is 14.1. The van der Waals surface area contributed by atoms with Crippen LogP contribution in [-0.4, -0.2) is 69.1 Å². The van der Waals surface area contributed by atoms with E-state index in [0.29, 0.717) is 47.3 Å². The second-order valence-corrected chi connectivity index (χ2v) is 13.4. The molecular weight excluding hydrogens is 759 g/mol. The number of nitrogen functional groups attached to an aromatic ring is 1. The molecule has 14 nitrogen and oxygen atoms in total. The first-order valence-corrected chi connectivity index (χ1v) is 18.0. The highest BCUT2D eigenvalue weighted by molar-refractivity contribution is 6.23. The number of urea groups is 1. The van der Waals surface area contributed by atoms with Gasteiger partial charge >= 0.3 is 12.1 Å². The first kappa shape index (κ1) is 39.0. The Kier molecular flexibility index (Phi) is 11.0. The zero-order chi connectivity index (χ0) is 41.1. The second-order valence-electron chi connectivity index (χ2n) is 13.4. The number of imide groups is 1. The number of alkyl halides is 2. The summed E-state index contributed by atoms with van der Waals surface area (Å²) in [5, 5.41) is 4.74. The fourth-order valence-corrected chi connectivity index (χ4v) is 6.74. The Hall–Kier alpha value is -7.30. The van der Waals surface area contributed by atoms with Crippen molar-refractivity contribution in [3.05, 3.63) is 125 Å². The summed E-state index contributed by atoms with van der Waals surface area (Å²) in [7, 11) is 0. The molecular formula is C41H36F3N7O7. The third-order valence-corrected chi connectivity index (χ3v) is 9.48. The smallest absolute Gasteiger partial charge is 0.404 e. The number of nitrogens with zero attached hydrogens (tertiary/aromatic N) is 4. The molecule has 2 saturated heterocycles. The molecule has 17 heteroatoms. The van der Waals surface area contributed by atoms with Crippen LogP contribution in [0.3, 0.4) is 0 Å². The van der Waals surface area contributed by atoms with E-state index in [0.717, 1.165) is 10.5 Å². The zero-order valence-electron chi connectivity index (χ0n) is 30.9. The molecule has 0 radical (unpaired) electrons. The number of ether oxygens (including phenoxy) is 3.